The van der Waals surface area contributed by atoms with E-state index < -0.39 is 5.79 Å². The topological polar surface area (TPSA) is 26.6 Å². The van der Waals surface area contributed by atoms with Gasteiger partial charge in [-0.2, -0.15) is 0 Å². The Morgan fingerprint density at radius 3 is 2.46 bits per heavy atom. The highest BCUT2D eigenvalue weighted by atomic mass is 35.5. The second-order valence-electron chi connectivity index (χ2n) is 7.62. The SMILES string of the molecule is CN1CCc2c(c3cc(Cl)ccc3n2CC2(c3ccc(Cl)cc3)OCCO2)C1. The zero-order chi connectivity index (χ0) is 19.3. The summed E-state index contributed by atoms with van der Waals surface area (Å²) >= 11 is 12.4. The smallest absolute Gasteiger partial charge is 0.213 e. The molecule has 0 unspecified atom stereocenters. The minimum atomic E-state index is -0.798. The number of hydrogen-bond acceptors (Lipinski definition) is 3. The minimum Gasteiger partial charge on any atom is -0.342 e. The quantitative estimate of drug-likeness (QED) is 0.611. The van der Waals surface area contributed by atoms with Crippen LogP contribution < -0.4 is 0 Å². The molecule has 1 fully saturated rings. The average molecular weight is 417 g/mol. The van der Waals surface area contributed by atoms with Crippen molar-refractivity contribution in [2.45, 2.75) is 25.3 Å². The normalized spacial score (nSPS) is 19.2. The van der Waals surface area contributed by atoms with E-state index in [0.717, 1.165) is 30.1 Å². The maximum atomic E-state index is 6.33. The summed E-state index contributed by atoms with van der Waals surface area (Å²) in [6, 6.07) is 13.9. The summed E-state index contributed by atoms with van der Waals surface area (Å²) in [7, 11) is 2.16. The standard InChI is InChI=1S/C22H22Cl2N2O2/c1-25-9-8-21-19(13-25)18-12-17(24)6-7-20(18)26(21)14-22(27-10-11-28-22)15-2-4-16(23)5-3-15/h2-7,12H,8-11,13-14H2,1H3. The van der Waals surface area contributed by atoms with Gasteiger partial charge in [-0.25, -0.2) is 0 Å². The highest BCUT2D eigenvalue weighted by molar-refractivity contribution is 6.31. The fourth-order valence-electron chi connectivity index (χ4n) is 4.45. The van der Waals surface area contributed by atoms with Crippen LogP contribution in [-0.2, 0) is 34.8 Å². The zero-order valence-corrected chi connectivity index (χ0v) is 17.3. The number of fused-ring (bicyclic) bond motifs is 3. The van der Waals surface area contributed by atoms with E-state index >= 15 is 0 Å². The van der Waals surface area contributed by atoms with Gasteiger partial charge in [0.25, 0.3) is 0 Å². The highest BCUT2D eigenvalue weighted by Crippen LogP contribution is 2.39. The first-order valence-corrected chi connectivity index (χ1v) is 10.3. The Kier molecular flexibility index (Phi) is 4.65. The molecular weight excluding hydrogens is 395 g/mol. The molecule has 1 saturated heterocycles. The van der Waals surface area contributed by atoms with Gasteiger partial charge >= 0.3 is 0 Å². The number of halogens is 2. The van der Waals surface area contributed by atoms with E-state index in [-0.39, 0.29) is 0 Å². The number of aromatic nitrogens is 1. The average Bonchev–Trinajstić information content (AvgIpc) is 3.27. The molecule has 0 saturated carbocycles. The van der Waals surface area contributed by atoms with Crippen LogP contribution in [0.25, 0.3) is 10.9 Å². The predicted octanol–water partition coefficient (Wildman–Crippen LogP) is 4.84. The maximum absolute atomic E-state index is 6.33. The molecule has 0 N–H and O–H groups in total. The van der Waals surface area contributed by atoms with Crippen LogP contribution >= 0.6 is 23.2 Å². The first-order valence-electron chi connectivity index (χ1n) is 9.58. The molecular formula is C22H22Cl2N2O2. The van der Waals surface area contributed by atoms with Crippen LogP contribution in [0.15, 0.2) is 42.5 Å². The third kappa shape index (κ3) is 3.04. The van der Waals surface area contributed by atoms with Crippen LogP contribution in [0.2, 0.25) is 10.0 Å². The van der Waals surface area contributed by atoms with Gasteiger partial charge < -0.3 is 18.9 Å². The lowest BCUT2D eigenvalue weighted by molar-refractivity contribution is -0.175. The molecule has 0 radical (unpaired) electrons. The molecule has 0 amide bonds. The van der Waals surface area contributed by atoms with Gasteiger partial charge in [-0.1, -0.05) is 35.3 Å². The Bertz CT molecular complexity index is 1020. The summed E-state index contributed by atoms with van der Waals surface area (Å²) in [4.78, 5) is 2.35. The van der Waals surface area contributed by atoms with Crippen LogP contribution in [0, 0.1) is 0 Å². The number of ether oxygens (including phenoxy) is 2. The molecule has 5 rings (SSSR count). The van der Waals surface area contributed by atoms with Crippen LogP contribution in [0.1, 0.15) is 16.8 Å². The molecule has 0 bridgehead atoms. The van der Waals surface area contributed by atoms with E-state index in [1.807, 2.05) is 30.3 Å². The van der Waals surface area contributed by atoms with Crippen LogP contribution in [-0.4, -0.2) is 36.3 Å². The monoisotopic (exact) mass is 416 g/mol. The number of rotatable bonds is 3. The Morgan fingerprint density at radius 2 is 1.71 bits per heavy atom. The summed E-state index contributed by atoms with van der Waals surface area (Å²) in [6.07, 6.45) is 0.995. The van der Waals surface area contributed by atoms with Crippen molar-refractivity contribution in [3.05, 3.63) is 69.3 Å². The van der Waals surface area contributed by atoms with Crippen molar-refractivity contribution in [3.8, 4) is 0 Å². The third-order valence-corrected chi connectivity index (χ3v) is 6.30. The number of benzene rings is 2. The Balaban J connectivity index is 1.65. The van der Waals surface area contributed by atoms with Crippen molar-refractivity contribution in [3.63, 3.8) is 0 Å². The molecule has 0 atom stereocenters. The van der Waals surface area contributed by atoms with E-state index in [1.165, 1.54) is 22.2 Å². The van der Waals surface area contributed by atoms with Crippen molar-refractivity contribution in [1.82, 2.24) is 9.47 Å². The zero-order valence-electron chi connectivity index (χ0n) is 15.8. The molecule has 2 aromatic carbocycles. The molecule has 2 aliphatic rings. The van der Waals surface area contributed by atoms with Gasteiger partial charge in [0, 0.05) is 51.7 Å². The predicted molar refractivity (Wildman–Crippen MR) is 112 cm³/mol. The molecule has 1 aromatic heterocycles. The number of likely N-dealkylation sites (N-methyl/N-ethyl adjacent to an activating group) is 1. The molecule has 6 heteroatoms. The van der Waals surface area contributed by atoms with Crippen LogP contribution in [0.3, 0.4) is 0 Å². The van der Waals surface area contributed by atoms with E-state index in [1.54, 1.807) is 0 Å². The van der Waals surface area contributed by atoms with Gasteiger partial charge in [0.15, 0.2) is 0 Å². The van der Waals surface area contributed by atoms with Crippen molar-refractivity contribution in [1.29, 1.82) is 0 Å². The molecule has 0 aliphatic carbocycles. The molecule has 28 heavy (non-hydrogen) atoms. The lowest BCUT2D eigenvalue weighted by Crippen LogP contribution is -2.34. The van der Waals surface area contributed by atoms with Crippen molar-refractivity contribution < 1.29 is 9.47 Å². The fourth-order valence-corrected chi connectivity index (χ4v) is 4.75. The van der Waals surface area contributed by atoms with Crippen molar-refractivity contribution in [2.75, 3.05) is 26.8 Å². The molecule has 3 aromatic rings. The summed E-state index contributed by atoms with van der Waals surface area (Å²) < 4.78 is 14.8. The fraction of sp³-hybridized carbons (Fsp3) is 0.364. The first-order chi connectivity index (χ1) is 13.6. The van der Waals surface area contributed by atoms with Gasteiger partial charge in [-0.05, 0) is 42.9 Å². The summed E-state index contributed by atoms with van der Waals surface area (Å²) in [5, 5.41) is 2.69. The van der Waals surface area contributed by atoms with Gasteiger partial charge in [-0.15, -0.1) is 0 Å². The first kappa shape index (κ1) is 18.5. The highest BCUT2D eigenvalue weighted by Gasteiger charge is 2.40. The molecule has 0 spiro atoms. The van der Waals surface area contributed by atoms with E-state index in [0.29, 0.717) is 24.8 Å². The van der Waals surface area contributed by atoms with Gasteiger partial charge in [-0.3, -0.25) is 0 Å². The summed E-state index contributed by atoms with van der Waals surface area (Å²) in [6.45, 7) is 3.73. The molecule has 146 valence electrons. The molecule has 4 nitrogen and oxygen atoms in total. The molecule has 3 heterocycles. The van der Waals surface area contributed by atoms with Crippen LogP contribution in [0.5, 0.6) is 0 Å². The Hall–Kier alpha value is -1.56. The Morgan fingerprint density at radius 1 is 1.00 bits per heavy atom. The minimum absolute atomic E-state index is 0.582. The summed E-state index contributed by atoms with van der Waals surface area (Å²) in [5.41, 5.74) is 4.88. The largest absolute Gasteiger partial charge is 0.342 e. The van der Waals surface area contributed by atoms with Crippen LogP contribution in [0.4, 0.5) is 0 Å². The van der Waals surface area contributed by atoms with E-state index in [4.69, 9.17) is 32.7 Å². The second-order valence-corrected chi connectivity index (χ2v) is 8.49. The maximum Gasteiger partial charge on any atom is 0.213 e. The van der Waals surface area contributed by atoms with Gasteiger partial charge in [0.2, 0.25) is 5.79 Å². The van der Waals surface area contributed by atoms with E-state index in [9.17, 15) is 0 Å². The number of nitrogens with zero attached hydrogens (tertiary/aromatic N) is 2. The number of hydrogen-bond donors (Lipinski definition) is 0. The lowest BCUT2D eigenvalue weighted by Gasteiger charge is -2.31. The third-order valence-electron chi connectivity index (χ3n) is 5.81. The van der Waals surface area contributed by atoms with Gasteiger partial charge in [0.05, 0.1) is 19.8 Å². The second kappa shape index (κ2) is 7.05. The van der Waals surface area contributed by atoms with Crippen molar-refractivity contribution in [2.24, 2.45) is 0 Å². The van der Waals surface area contributed by atoms with Gasteiger partial charge in [0.1, 0.15) is 0 Å². The lowest BCUT2D eigenvalue weighted by atomic mass is 10.0. The van der Waals surface area contributed by atoms with E-state index in [2.05, 4.69) is 28.6 Å². The molecule has 2 aliphatic heterocycles. The summed E-state index contributed by atoms with van der Waals surface area (Å²) in [5.74, 6) is -0.798. The Labute approximate surface area is 174 Å². The van der Waals surface area contributed by atoms with Crippen molar-refractivity contribution >= 4 is 34.1 Å².